The molecule has 1 aromatic heterocycles. The lowest BCUT2D eigenvalue weighted by Crippen LogP contribution is -2.33. The number of non-ortho nitro benzene ring substituents is 1. The van der Waals surface area contributed by atoms with Gasteiger partial charge in [-0.3, -0.25) is 19.8 Å². The van der Waals surface area contributed by atoms with Gasteiger partial charge < -0.3 is 4.90 Å². The van der Waals surface area contributed by atoms with Crippen LogP contribution in [0.3, 0.4) is 0 Å². The Balaban J connectivity index is 0.00000320. The maximum Gasteiger partial charge on any atom is 0.270 e. The maximum atomic E-state index is 13.3. The third-order valence-corrected chi connectivity index (χ3v) is 5.80. The van der Waals surface area contributed by atoms with Crippen molar-refractivity contribution < 1.29 is 9.72 Å². The van der Waals surface area contributed by atoms with Crippen LogP contribution in [0.4, 0.5) is 10.8 Å². The van der Waals surface area contributed by atoms with Crippen molar-refractivity contribution in [3.8, 4) is 0 Å². The summed E-state index contributed by atoms with van der Waals surface area (Å²) in [7, 11) is 3.96. The van der Waals surface area contributed by atoms with Crippen molar-refractivity contribution in [3.05, 3.63) is 63.2 Å². The monoisotopic (exact) mass is 448 g/mol. The van der Waals surface area contributed by atoms with E-state index in [4.69, 9.17) is 4.98 Å². The summed E-state index contributed by atoms with van der Waals surface area (Å²) in [5.74, 6) is -0.278. The Kier molecular flexibility index (Phi) is 7.89. The van der Waals surface area contributed by atoms with Crippen LogP contribution in [0.25, 0.3) is 10.2 Å². The Labute approximate surface area is 185 Å². The van der Waals surface area contributed by atoms with Gasteiger partial charge in [0.05, 0.1) is 15.1 Å². The van der Waals surface area contributed by atoms with E-state index in [0.717, 1.165) is 28.7 Å². The normalized spacial score (nSPS) is 10.8. The Morgan fingerprint density at radius 3 is 2.50 bits per heavy atom. The first kappa shape index (κ1) is 23.7. The number of carbonyl (C=O) groups excluding carboxylic acids is 1. The Hall–Kier alpha value is -2.55. The minimum atomic E-state index is -0.490. The number of thiazole rings is 1. The average Bonchev–Trinajstić information content (AvgIpc) is 3.07. The van der Waals surface area contributed by atoms with Gasteiger partial charge in [-0.05, 0) is 70.2 Å². The van der Waals surface area contributed by atoms with E-state index in [1.54, 1.807) is 11.0 Å². The number of nitro benzene ring substituents is 1. The SMILES string of the molecule is Cc1cc2nc(N(CCCN(C)C)C(=O)c3cccc([N+](=O)[O-])c3)sc2cc1C.Cl. The minimum absolute atomic E-state index is 0. The highest BCUT2D eigenvalue weighted by Gasteiger charge is 2.23. The number of anilines is 1. The van der Waals surface area contributed by atoms with Crippen molar-refractivity contribution >= 4 is 50.7 Å². The number of halogens is 1. The number of rotatable bonds is 7. The van der Waals surface area contributed by atoms with Crippen LogP contribution in [-0.2, 0) is 0 Å². The summed E-state index contributed by atoms with van der Waals surface area (Å²) >= 11 is 1.47. The summed E-state index contributed by atoms with van der Waals surface area (Å²) in [4.78, 5) is 32.3. The predicted molar refractivity (Wildman–Crippen MR) is 124 cm³/mol. The van der Waals surface area contributed by atoms with Gasteiger partial charge in [0.2, 0.25) is 0 Å². The number of hydrogen-bond acceptors (Lipinski definition) is 6. The van der Waals surface area contributed by atoms with Crippen LogP contribution in [0, 0.1) is 24.0 Å². The molecule has 1 heterocycles. The Bertz CT molecular complexity index is 1030. The highest BCUT2D eigenvalue weighted by Crippen LogP contribution is 2.32. The van der Waals surface area contributed by atoms with E-state index >= 15 is 0 Å². The Morgan fingerprint density at radius 1 is 1.13 bits per heavy atom. The Morgan fingerprint density at radius 2 is 1.83 bits per heavy atom. The third-order valence-electron chi connectivity index (χ3n) is 4.76. The molecule has 0 bridgehead atoms. The number of carbonyl (C=O) groups is 1. The second kappa shape index (κ2) is 9.97. The zero-order chi connectivity index (χ0) is 21.1. The molecule has 0 aliphatic heterocycles. The van der Waals surface area contributed by atoms with Crippen LogP contribution < -0.4 is 4.90 Å². The number of aromatic nitrogens is 1. The number of fused-ring (bicyclic) bond motifs is 1. The van der Waals surface area contributed by atoms with E-state index < -0.39 is 4.92 Å². The summed E-state index contributed by atoms with van der Waals surface area (Å²) in [6.45, 7) is 5.40. The summed E-state index contributed by atoms with van der Waals surface area (Å²) in [5.41, 5.74) is 3.38. The van der Waals surface area contributed by atoms with Gasteiger partial charge in [0.25, 0.3) is 11.6 Å². The van der Waals surface area contributed by atoms with Crippen LogP contribution in [0.2, 0.25) is 0 Å². The van der Waals surface area contributed by atoms with Gasteiger partial charge in [-0.2, -0.15) is 0 Å². The van der Waals surface area contributed by atoms with E-state index in [9.17, 15) is 14.9 Å². The van der Waals surface area contributed by atoms with E-state index in [1.165, 1.54) is 35.1 Å². The molecule has 3 rings (SSSR count). The van der Waals surface area contributed by atoms with Gasteiger partial charge >= 0.3 is 0 Å². The quantitative estimate of drug-likeness (QED) is 0.381. The molecule has 2 aromatic carbocycles. The lowest BCUT2D eigenvalue weighted by atomic mass is 10.1. The first-order chi connectivity index (χ1) is 13.8. The molecule has 0 atom stereocenters. The van der Waals surface area contributed by atoms with Gasteiger partial charge in [0, 0.05) is 24.2 Å². The molecule has 0 unspecified atom stereocenters. The van der Waals surface area contributed by atoms with Crippen molar-refractivity contribution in [1.29, 1.82) is 0 Å². The van der Waals surface area contributed by atoms with Gasteiger partial charge in [-0.1, -0.05) is 17.4 Å². The second-order valence-electron chi connectivity index (χ2n) is 7.32. The molecule has 30 heavy (non-hydrogen) atoms. The van der Waals surface area contributed by atoms with Crippen molar-refractivity contribution in [1.82, 2.24) is 9.88 Å². The molecule has 0 N–H and O–H groups in total. The molecule has 0 spiro atoms. The molecule has 0 saturated heterocycles. The zero-order valence-corrected chi connectivity index (χ0v) is 19.0. The van der Waals surface area contributed by atoms with Crippen LogP contribution >= 0.6 is 23.7 Å². The van der Waals surface area contributed by atoms with Crippen LogP contribution in [0.5, 0.6) is 0 Å². The molecule has 160 valence electrons. The van der Waals surface area contributed by atoms with Crippen molar-refractivity contribution in [2.75, 3.05) is 32.1 Å². The van der Waals surface area contributed by atoms with Crippen molar-refractivity contribution in [2.24, 2.45) is 0 Å². The highest BCUT2D eigenvalue weighted by molar-refractivity contribution is 7.22. The van der Waals surface area contributed by atoms with Crippen molar-refractivity contribution in [3.63, 3.8) is 0 Å². The smallest absolute Gasteiger partial charge is 0.270 e. The highest BCUT2D eigenvalue weighted by atomic mass is 35.5. The second-order valence-corrected chi connectivity index (χ2v) is 8.33. The first-order valence-corrected chi connectivity index (χ1v) is 10.2. The van der Waals surface area contributed by atoms with Gasteiger partial charge in [0.15, 0.2) is 5.13 Å². The number of nitro groups is 1. The molecule has 9 heteroatoms. The van der Waals surface area contributed by atoms with E-state index in [-0.39, 0.29) is 29.6 Å². The number of benzene rings is 2. The molecule has 0 aliphatic carbocycles. The van der Waals surface area contributed by atoms with Gasteiger partial charge in [0.1, 0.15) is 0 Å². The zero-order valence-electron chi connectivity index (χ0n) is 17.4. The van der Waals surface area contributed by atoms with Crippen LogP contribution in [-0.4, -0.2) is 47.9 Å². The van der Waals surface area contributed by atoms with Crippen LogP contribution in [0.1, 0.15) is 27.9 Å². The molecule has 3 aromatic rings. The predicted octanol–water partition coefficient (Wildman–Crippen LogP) is 4.84. The molecular weight excluding hydrogens is 424 g/mol. The largest absolute Gasteiger partial charge is 0.309 e. The fraction of sp³-hybridized carbons (Fsp3) is 0.333. The summed E-state index contributed by atoms with van der Waals surface area (Å²) in [6.07, 6.45) is 0.766. The number of nitrogens with zero attached hydrogens (tertiary/aromatic N) is 4. The number of hydrogen-bond donors (Lipinski definition) is 0. The number of amides is 1. The van der Waals surface area contributed by atoms with E-state index in [1.807, 2.05) is 27.1 Å². The fourth-order valence-corrected chi connectivity index (χ4v) is 4.09. The van der Waals surface area contributed by atoms with Gasteiger partial charge in [-0.15, -0.1) is 12.4 Å². The molecule has 0 aliphatic rings. The van der Waals surface area contributed by atoms with E-state index in [0.29, 0.717) is 11.7 Å². The van der Waals surface area contributed by atoms with E-state index in [2.05, 4.69) is 17.9 Å². The molecular formula is C21H25ClN4O3S. The molecule has 0 radical (unpaired) electrons. The van der Waals surface area contributed by atoms with Crippen LogP contribution in [0.15, 0.2) is 36.4 Å². The molecule has 0 fully saturated rings. The molecule has 1 amide bonds. The summed E-state index contributed by atoms with van der Waals surface area (Å²) < 4.78 is 1.02. The van der Waals surface area contributed by atoms with Gasteiger partial charge in [-0.25, -0.2) is 4.98 Å². The standard InChI is InChI=1S/C21H24N4O3S.ClH/c1-14-11-18-19(12-15(14)2)29-21(22-18)24(10-6-9-23(3)4)20(26)16-7-5-8-17(13-16)25(27)28;/h5,7-8,11-13H,6,9-10H2,1-4H3;1H. The average molecular weight is 449 g/mol. The molecule has 0 saturated carbocycles. The maximum absolute atomic E-state index is 13.3. The van der Waals surface area contributed by atoms with Crippen molar-refractivity contribution in [2.45, 2.75) is 20.3 Å². The fourth-order valence-electron chi connectivity index (χ4n) is 3.02. The summed E-state index contributed by atoms with van der Waals surface area (Å²) in [5, 5.41) is 11.7. The molecule has 7 nitrogen and oxygen atoms in total. The first-order valence-electron chi connectivity index (χ1n) is 9.35. The number of aryl methyl sites for hydroxylation is 2. The topological polar surface area (TPSA) is 79.6 Å². The summed E-state index contributed by atoms with van der Waals surface area (Å²) in [6, 6.07) is 9.96. The third kappa shape index (κ3) is 5.33. The lowest BCUT2D eigenvalue weighted by molar-refractivity contribution is -0.384. The minimum Gasteiger partial charge on any atom is -0.309 e. The lowest BCUT2D eigenvalue weighted by Gasteiger charge is -2.21.